The number of nitrogens with zero attached hydrogens (tertiary/aromatic N) is 3. The Labute approximate surface area is 141 Å². The lowest BCUT2D eigenvalue weighted by atomic mass is 9.96. The molecule has 1 fully saturated rings. The molecule has 0 aromatic carbocycles. The Hall–Kier alpha value is -2.37. The molecule has 1 aliphatic heterocycles. The van der Waals surface area contributed by atoms with Crippen molar-refractivity contribution in [2.24, 2.45) is 0 Å². The van der Waals surface area contributed by atoms with E-state index in [9.17, 15) is 4.79 Å². The van der Waals surface area contributed by atoms with E-state index in [4.69, 9.17) is 4.42 Å². The van der Waals surface area contributed by atoms with Crippen LogP contribution in [0.15, 0.2) is 29.1 Å². The minimum Gasteiger partial charge on any atom is -0.472 e. The first kappa shape index (κ1) is 15.2. The highest BCUT2D eigenvalue weighted by Gasteiger charge is 2.23. The Bertz CT molecular complexity index is 706. The SMILES string of the molecule is O=C(NC1CCN(c2cc3c(nn2)CCCC3)CC1)c1ccoc1. The lowest BCUT2D eigenvalue weighted by Gasteiger charge is -2.33. The number of hydrogen-bond donors (Lipinski definition) is 1. The molecule has 0 unspecified atom stereocenters. The van der Waals surface area contributed by atoms with E-state index in [1.54, 1.807) is 6.07 Å². The summed E-state index contributed by atoms with van der Waals surface area (Å²) in [7, 11) is 0. The van der Waals surface area contributed by atoms with E-state index in [1.165, 1.54) is 36.6 Å². The molecule has 6 nitrogen and oxygen atoms in total. The molecule has 6 heteroatoms. The quantitative estimate of drug-likeness (QED) is 0.937. The van der Waals surface area contributed by atoms with Crippen LogP contribution in [0.25, 0.3) is 0 Å². The van der Waals surface area contributed by atoms with Gasteiger partial charge in [-0.1, -0.05) is 0 Å². The summed E-state index contributed by atoms with van der Waals surface area (Å²) in [4.78, 5) is 14.4. The summed E-state index contributed by atoms with van der Waals surface area (Å²) in [6.07, 6.45) is 9.49. The van der Waals surface area contributed by atoms with Gasteiger partial charge in [-0.15, -0.1) is 5.10 Å². The van der Waals surface area contributed by atoms with E-state index in [0.717, 1.165) is 44.6 Å². The Kier molecular flexibility index (Phi) is 4.19. The largest absolute Gasteiger partial charge is 0.472 e. The van der Waals surface area contributed by atoms with Crippen molar-refractivity contribution in [3.63, 3.8) is 0 Å². The number of fused-ring (bicyclic) bond motifs is 1. The number of aromatic nitrogens is 2. The molecule has 4 rings (SSSR count). The van der Waals surface area contributed by atoms with E-state index in [0.29, 0.717) is 5.56 Å². The zero-order chi connectivity index (χ0) is 16.4. The zero-order valence-electron chi connectivity index (χ0n) is 13.7. The molecule has 126 valence electrons. The van der Waals surface area contributed by atoms with Crippen LogP contribution in [0.2, 0.25) is 0 Å². The number of carbonyl (C=O) groups excluding carboxylic acids is 1. The molecule has 2 aromatic heterocycles. The maximum Gasteiger partial charge on any atom is 0.254 e. The van der Waals surface area contributed by atoms with Crippen LogP contribution in [-0.4, -0.2) is 35.2 Å². The van der Waals surface area contributed by atoms with Gasteiger partial charge in [-0.2, -0.15) is 5.10 Å². The van der Waals surface area contributed by atoms with Crippen molar-refractivity contribution >= 4 is 11.7 Å². The summed E-state index contributed by atoms with van der Waals surface area (Å²) < 4.78 is 4.96. The first-order valence-corrected chi connectivity index (χ1v) is 8.73. The van der Waals surface area contributed by atoms with Gasteiger partial charge in [0.05, 0.1) is 17.5 Å². The molecule has 0 bridgehead atoms. The number of aryl methyl sites for hydroxylation is 2. The first-order valence-electron chi connectivity index (χ1n) is 8.73. The van der Waals surface area contributed by atoms with Crippen molar-refractivity contribution in [3.05, 3.63) is 41.5 Å². The van der Waals surface area contributed by atoms with Crippen molar-refractivity contribution in [1.82, 2.24) is 15.5 Å². The van der Waals surface area contributed by atoms with Crippen LogP contribution in [0.4, 0.5) is 5.82 Å². The molecule has 1 saturated heterocycles. The van der Waals surface area contributed by atoms with Gasteiger partial charge in [-0.25, -0.2) is 0 Å². The van der Waals surface area contributed by atoms with Gasteiger partial charge in [0.15, 0.2) is 5.82 Å². The number of amides is 1. The third kappa shape index (κ3) is 3.13. The highest BCUT2D eigenvalue weighted by Crippen LogP contribution is 2.24. The fraction of sp³-hybridized carbons (Fsp3) is 0.500. The number of anilines is 1. The Morgan fingerprint density at radius 3 is 2.83 bits per heavy atom. The summed E-state index contributed by atoms with van der Waals surface area (Å²) in [5.74, 6) is 0.922. The Morgan fingerprint density at radius 2 is 2.04 bits per heavy atom. The Morgan fingerprint density at radius 1 is 1.21 bits per heavy atom. The molecule has 0 spiro atoms. The van der Waals surface area contributed by atoms with E-state index >= 15 is 0 Å². The van der Waals surface area contributed by atoms with E-state index < -0.39 is 0 Å². The summed E-state index contributed by atoms with van der Waals surface area (Å²) in [5, 5.41) is 11.9. The highest BCUT2D eigenvalue weighted by molar-refractivity contribution is 5.93. The van der Waals surface area contributed by atoms with Gasteiger partial charge in [0.2, 0.25) is 0 Å². The van der Waals surface area contributed by atoms with Crippen LogP contribution in [0.5, 0.6) is 0 Å². The van der Waals surface area contributed by atoms with Crippen LogP contribution in [-0.2, 0) is 12.8 Å². The molecule has 0 atom stereocenters. The number of carbonyl (C=O) groups is 1. The molecule has 2 aromatic rings. The van der Waals surface area contributed by atoms with Crippen LogP contribution < -0.4 is 10.2 Å². The second-order valence-corrected chi connectivity index (χ2v) is 6.63. The number of nitrogens with one attached hydrogen (secondary N) is 1. The van der Waals surface area contributed by atoms with E-state index in [1.807, 2.05) is 0 Å². The van der Waals surface area contributed by atoms with Crippen LogP contribution >= 0.6 is 0 Å². The zero-order valence-corrected chi connectivity index (χ0v) is 13.7. The molecule has 1 N–H and O–H groups in total. The van der Waals surface area contributed by atoms with Crippen molar-refractivity contribution in [2.75, 3.05) is 18.0 Å². The Balaban J connectivity index is 1.35. The van der Waals surface area contributed by atoms with Gasteiger partial charge < -0.3 is 14.6 Å². The summed E-state index contributed by atoms with van der Waals surface area (Å²) in [6.45, 7) is 1.79. The summed E-state index contributed by atoms with van der Waals surface area (Å²) >= 11 is 0. The van der Waals surface area contributed by atoms with Crippen LogP contribution in [0, 0.1) is 0 Å². The molecule has 0 saturated carbocycles. The first-order chi connectivity index (χ1) is 11.8. The standard InChI is InChI=1S/C18H22N4O2/c23-18(14-7-10-24-12-14)19-15-5-8-22(9-6-15)17-11-13-3-1-2-4-16(13)20-21-17/h7,10-12,15H,1-6,8-9H2,(H,19,23). The van der Waals surface area contributed by atoms with Gasteiger partial charge in [0, 0.05) is 19.1 Å². The van der Waals surface area contributed by atoms with Crippen molar-refractivity contribution in [3.8, 4) is 0 Å². The normalized spacial score (nSPS) is 18.2. The maximum absolute atomic E-state index is 12.1. The molecule has 24 heavy (non-hydrogen) atoms. The second kappa shape index (κ2) is 6.63. The fourth-order valence-corrected chi connectivity index (χ4v) is 3.55. The maximum atomic E-state index is 12.1. The predicted molar refractivity (Wildman–Crippen MR) is 90.1 cm³/mol. The average Bonchev–Trinajstić information content (AvgIpc) is 3.17. The molecular weight excluding hydrogens is 304 g/mol. The second-order valence-electron chi connectivity index (χ2n) is 6.63. The average molecular weight is 326 g/mol. The molecule has 1 amide bonds. The van der Waals surface area contributed by atoms with E-state index in [2.05, 4.69) is 26.5 Å². The minimum absolute atomic E-state index is 0.0595. The monoisotopic (exact) mass is 326 g/mol. The third-order valence-electron chi connectivity index (χ3n) is 4.99. The smallest absolute Gasteiger partial charge is 0.254 e. The van der Waals surface area contributed by atoms with Gasteiger partial charge >= 0.3 is 0 Å². The lowest BCUT2D eigenvalue weighted by Crippen LogP contribution is -2.45. The highest BCUT2D eigenvalue weighted by atomic mass is 16.3. The summed E-state index contributed by atoms with van der Waals surface area (Å²) in [6, 6.07) is 4.10. The molecule has 3 heterocycles. The van der Waals surface area contributed by atoms with Gasteiger partial charge in [0.25, 0.3) is 5.91 Å². The van der Waals surface area contributed by atoms with Crippen molar-refractivity contribution in [2.45, 2.75) is 44.6 Å². The number of rotatable bonds is 3. The van der Waals surface area contributed by atoms with Gasteiger partial charge in [-0.05, 0) is 56.2 Å². The third-order valence-corrected chi connectivity index (χ3v) is 4.99. The minimum atomic E-state index is -0.0595. The fourth-order valence-electron chi connectivity index (χ4n) is 3.55. The number of piperidine rings is 1. The van der Waals surface area contributed by atoms with Crippen molar-refractivity contribution in [1.29, 1.82) is 0 Å². The van der Waals surface area contributed by atoms with Crippen molar-refractivity contribution < 1.29 is 9.21 Å². The molecular formula is C18H22N4O2. The number of furan rings is 1. The van der Waals surface area contributed by atoms with Gasteiger partial charge in [0.1, 0.15) is 6.26 Å². The lowest BCUT2D eigenvalue weighted by molar-refractivity contribution is 0.0930. The predicted octanol–water partition coefficient (Wildman–Crippen LogP) is 2.35. The molecule has 2 aliphatic rings. The van der Waals surface area contributed by atoms with E-state index in [-0.39, 0.29) is 11.9 Å². The summed E-state index contributed by atoms with van der Waals surface area (Å²) in [5.41, 5.74) is 3.12. The molecule has 0 radical (unpaired) electrons. The topological polar surface area (TPSA) is 71.3 Å². The van der Waals surface area contributed by atoms with Crippen LogP contribution in [0.1, 0.15) is 47.3 Å². The van der Waals surface area contributed by atoms with Gasteiger partial charge in [-0.3, -0.25) is 4.79 Å². The number of hydrogen-bond acceptors (Lipinski definition) is 5. The molecule has 1 aliphatic carbocycles. The van der Waals surface area contributed by atoms with Crippen LogP contribution in [0.3, 0.4) is 0 Å².